The monoisotopic (exact) mass is 533 g/mol. The average molecular weight is 534 g/mol. The number of amides is 1. The molecule has 0 spiro atoms. The van der Waals surface area contributed by atoms with Crippen LogP contribution in [0.15, 0.2) is 60.9 Å². The van der Waals surface area contributed by atoms with Crippen LogP contribution in [0, 0.1) is 0 Å². The second-order valence-corrected chi connectivity index (χ2v) is 10.5. The van der Waals surface area contributed by atoms with Crippen molar-refractivity contribution in [2.75, 3.05) is 6.54 Å². The van der Waals surface area contributed by atoms with E-state index in [4.69, 9.17) is 21.3 Å². The number of halogens is 1. The summed E-state index contributed by atoms with van der Waals surface area (Å²) in [5.74, 6) is -0.0861. The Hall–Kier alpha value is -3.78. The predicted octanol–water partition coefficient (Wildman–Crippen LogP) is 6.72. The number of aromatic nitrogens is 4. The van der Waals surface area contributed by atoms with E-state index in [-0.39, 0.29) is 29.5 Å². The molecule has 0 radical (unpaired) electrons. The number of hydrogen-bond acceptors (Lipinski definition) is 6. The van der Waals surface area contributed by atoms with Gasteiger partial charge in [0.05, 0.1) is 23.1 Å². The second kappa shape index (κ2) is 11.3. The fourth-order valence-electron chi connectivity index (χ4n) is 4.20. The molecule has 0 saturated heterocycles. The molecule has 0 N–H and O–H groups in total. The summed E-state index contributed by atoms with van der Waals surface area (Å²) in [4.78, 5) is 36.6. The molecule has 8 nitrogen and oxygen atoms in total. The summed E-state index contributed by atoms with van der Waals surface area (Å²) >= 11 is 6.35. The number of rotatable bonds is 8. The smallest absolute Gasteiger partial charge is 0.410 e. The van der Waals surface area contributed by atoms with Gasteiger partial charge in [-0.1, -0.05) is 41.9 Å². The molecule has 1 atom stereocenters. The molecule has 1 aromatic carbocycles. The molecule has 0 unspecified atom stereocenters. The van der Waals surface area contributed by atoms with Gasteiger partial charge in [0, 0.05) is 36.3 Å². The molecule has 0 aliphatic heterocycles. The van der Waals surface area contributed by atoms with Crippen LogP contribution in [-0.4, -0.2) is 54.5 Å². The van der Waals surface area contributed by atoms with E-state index in [9.17, 15) is 9.59 Å². The molecular formula is C29H32ClN5O3. The van der Waals surface area contributed by atoms with E-state index in [1.165, 1.54) is 0 Å². The fraction of sp³-hybridized carbons (Fsp3) is 0.345. The van der Waals surface area contributed by atoms with Crippen LogP contribution >= 0.6 is 11.6 Å². The summed E-state index contributed by atoms with van der Waals surface area (Å²) in [5.41, 5.74) is 3.46. The lowest BCUT2D eigenvalue weighted by Crippen LogP contribution is -2.42. The van der Waals surface area contributed by atoms with Gasteiger partial charge >= 0.3 is 6.09 Å². The Kier molecular flexibility index (Phi) is 8.11. The molecule has 3 heterocycles. The molecule has 0 aliphatic carbocycles. The topological polar surface area (TPSA) is 89.7 Å². The molecule has 3 aromatic heterocycles. The minimum atomic E-state index is -0.584. The summed E-state index contributed by atoms with van der Waals surface area (Å²) in [5, 5.41) is 4.61. The molecule has 1 amide bonds. The molecule has 4 aromatic rings. The average Bonchev–Trinajstić information content (AvgIpc) is 3.30. The van der Waals surface area contributed by atoms with Crippen LogP contribution in [0.4, 0.5) is 4.79 Å². The second-order valence-electron chi connectivity index (χ2n) is 10.1. The zero-order chi connectivity index (χ0) is 27.4. The van der Waals surface area contributed by atoms with Crippen LogP contribution in [0.2, 0.25) is 5.15 Å². The SMILES string of the molecule is CCN(C(=O)OC(C)(C)C)[C@@H](C)CCC(=O)c1cc(Cl)nc(-c2cnn3ccc(-c4ccccc4)nc23)c1. The Labute approximate surface area is 227 Å². The van der Waals surface area contributed by atoms with Gasteiger partial charge in [-0.05, 0) is 59.2 Å². The summed E-state index contributed by atoms with van der Waals surface area (Å²) in [6, 6.07) is 14.9. The normalized spacial score (nSPS) is 12.4. The number of carbonyl (C=O) groups excluding carboxylic acids is 2. The highest BCUT2D eigenvalue weighted by Crippen LogP contribution is 2.27. The highest BCUT2D eigenvalue weighted by molar-refractivity contribution is 6.30. The van der Waals surface area contributed by atoms with Gasteiger partial charge in [-0.25, -0.2) is 19.3 Å². The van der Waals surface area contributed by atoms with E-state index >= 15 is 0 Å². The fourth-order valence-corrected chi connectivity index (χ4v) is 4.41. The first kappa shape index (κ1) is 27.3. The van der Waals surface area contributed by atoms with Gasteiger partial charge in [0.2, 0.25) is 0 Å². The number of benzene rings is 1. The Morgan fingerprint density at radius 2 is 1.82 bits per heavy atom. The summed E-state index contributed by atoms with van der Waals surface area (Å²) in [7, 11) is 0. The lowest BCUT2D eigenvalue weighted by molar-refractivity contribution is 0.0179. The Morgan fingerprint density at radius 1 is 1.08 bits per heavy atom. The van der Waals surface area contributed by atoms with E-state index in [1.807, 2.05) is 77.2 Å². The van der Waals surface area contributed by atoms with Crippen LogP contribution in [0.5, 0.6) is 0 Å². The number of pyridine rings is 1. The van der Waals surface area contributed by atoms with Crippen molar-refractivity contribution in [3.63, 3.8) is 0 Å². The Bertz CT molecular complexity index is 1450. The van der Waals surface area contributed by atoms with Crippen molar-refractivity contribution >= 4 is 29.1 Å². The molecule has 4 rings (SSSR count). The zero-order valence-electron chi connectivity index (χ0n) is 22.3. The minimum absolute atomic E-state index is 0.0861. The van der Waals surface area contributed by atoms with Crippen LogP contribution in [0.3, 0.4) is 0 Å². The van der Waals surface area contributed by atoms with Gasteiger partial charge in [-0.2, -0.15) is 5.10 Å². The molecule has 9 heteroatoms. The van der Waals surface area contributed by atoms with Crippen LogP contribution < -0.4 is 0 Å². The molecule has 0 fully saturated rings. The minimum Gasteiger partial charge on any atom is -0.444 e. The van der Waals surface area contributed by atoms with Gasteiger partial charge < -0.3 is 9.64 Å². The number of Topliss-reactive ketones (excluding diaryl/α,β-unsaturated/α-hetero) is 1. The Morgan fingerprint density at radius 3 is 2.50 bits per heavy atom. The molecule has 0 saturated carbocycles. The highest BCUT2D eigenvalue weighted by atomic mass is 35.5. The number of fused-ring (bicyclic) bond motifs is 1. The highest BCUT2D eigenvalue weighted by Gasteiger charge is 2.25. The number of hydrogen-bond donors (Lipinski definition) is 0. The maximum Gasteiger partial charge on any atom is 0.410 e. The van der Waals surface area contributed by atoms with Crippen molar-refractivity contribution in [1.29, 1.82) is 0 Å². The van der Waals surface area contributed by atoms with E-state index < -0.39 is 5.60 Å². The molecular weight excluding hydrogens is 502 g/mol. The number of nitrogens with zero attached hydrogens (tertiary/aromatic N) is 5. The maximum atomic E-state index is 13.2. The van der Waals surface area contributed by atoms with Crippen molar-refractivity contribution in [1.82, 2.24) is 24.5 Å². The van der Waals surface area contributed by atoms with E-state index in [0.29, 0.717) is 35.4 Å². The third-order valence-corrected chi connectivity index (χ3v) is 6.31. The van der Waals surface area contributed by atoms with Crippen molar-refractivity contribution in [2.45, 2.75) is 59.1 Å². The van der Waals surface area contributed by atoms with E-state index in [0.717, 1.165) is 11.3 Å². The van der Waals surface area contributed by atoms with E-state index in [2.05, 4.69) is 10.1 Å². The number of ether oxygens (including phenoxy) is 1. The van der Waals surface area contributed by atoms with Gasteiger partial charge in [0.1, 0.15) is 10.8 Å². The largest absolute Gasteiger partial charge is 0.444 e. The third kappa shape index (κ3) is 6.37. The molecule has 38 heavy (non-hydrogen) atoms. The first-order chi connectivity index (χ1) is 18.1. The quantitative estimate of drug-likeness (QED) is 0.184. The number of ketones is 1. The van der Waals surface area contributed by atoms with Crippen LogP contribution in [-0.2, 0) is 4.74 Å². The first-order valence-electron chi connectivity index (χ1n) is 12.7. The first-order valence-corrected chi connectivity index (χ1v) is 13.0. The zero-order valence-corrected chi connectivity index (χ0v) is 23.1. The summed E-state index contributed by atoms with van der Waals surface area (Å²) in [6.45, 7) is 9.80. The van der Waals surface area contributed by atoms with Crippen molar-refractivity contribution < 1.29 is 14.3 Å². The van der Waals surface area contributed by atoms with E-state index in [1.54, 1.807) is 27.7 Å². The standard InChI is InChI=1S/C29H32ClN5O3/c1-6-34(28(37)38-29(3,4)5)19(2)12-13-25(36)21-16-24(32-26(30)17-21)22-18-31-35-15-14-23(33-27(22)35)20-10-8-7-9-11-20/h7-11,14-19H,6,12-13H2,1-5H3/t19-/m0/s1. The lowest BCUT2D eigenvalue weighted by Gasteiger charge is -2.30. The van der Waals surface area contributed by atoms with Crippen molar-refractivity contribution in [3.05, 3.63) is 71.6 Å². The van der Waals surface area contributed by atoms with Gasteiger partial charge in [0.15, 0.2) is 11.4 Å². The van der Waals surface area contributed by atoms with Crippen LogP contribution in [0.25, 0.3) is 28.2 Å². The lowest BCUT2D eigenvalue weighted by atomic mass is 10.0. The third-order valence-electron chi connectivity index (χ3n) is 6.12. The van der Waals surface area contributed by atoms with Crippen molar-refractivity contribution in [3.8, 4) is 22.5 Å². The van der Waals surface area contributed by atoms with Gasteiger partial charge in [-0.15, -0.1) is 0 Å². The van der Waals surface area contributed by atoms with Crippen LogP contribution in [0.1, 0.15) is 57.8 Å². The van der Waals surface area contributed by atoms with Gasteiger partial charge in [-0.3, -0.25) is 4.79 Å². The predicted molar refractivity (Wildman–Crippen MR) is 148 cm³/mol. The van der Waals surface area contributed by atoms with Crippen molar-refractivity contribution in [2.24, 2.45) is 0 Å². The maximum absolute atomic E-state index is 13.2. The molecule has 198 valence electrons. The summed E-state index contributed by atoms with van der Waals surface area (Å²) in [6.07, 6.45) is 3.86. The van der Waals surface area contributed by atoms with Gasteiger partial charge in [0.25, 0.3) is 0 Å². The molecule has 0 bridgehead atoms. The molecule has 0 aliphatic rings. The Balaban J connectivity index is 1.54. The number of carbonyl (C=O) groups is 2. The summed E-state index contributed by atoms with van der Waals surface area (Å²) < 4.78 is 7.18.